The molecular formula is C14H16N4O2. The summed E-state index contributed by atoms with van der Waals surface area (Å²) in [6, 6.07) is 5.65. The number of azide groups is 1. The van der Waals surface area contributed by atoms with Crippen molar-refractivity contribution in [1.29, 1.82) is 0 Å². The molecule has 0 fully saturated rings. The third-order valence-corrected chi connectivity index (χ3v) is 2.63. The van der Waals surface area contributed by atoms with Crippen molar-refractivity contribution in [1.82, 2.24) is 4.57 Å². The number of benzene rings is 1. The molecule has 2 aromatic rings. The van der Waals surface area contributed by atoms with Crippen molar-refractivity contribution in [3.63, 3.8) is 0 Å². The van der Waals surface area contributed by atoms with Gasteiger partial charge in [-0.1, -0.05) is 17.2 Å². The summed E-state index contributed by atoms with van der Waals surface area (Å²) in [6.45, 7) is 5.77. The van der Waals surface area contributed by atoms with Crippen LogP contribution in [0.2, 0.25) is 0 Å². The van der Waals surface area contributed by atoms with E-state index in [4.69, 9.17) is 10.3 Å². The van der Waals surface area contributed by atoms with Crippen LogP contribution < -0.4 is 0 Å². The molecule has 20 heavy (non-hydrogen) atoms. The van der Waals surface area contributed by atoms with Crippen molar-refractivity contribution < 1.29 is 9.53 Å². The lowest BCUT2D eigenvalue weighted by Crippen LogP contribution is -2.26. The van der Waals surface area contributed by atoms with E-state index >= 15 is 0 Å². The number of carbonyl (C=O) groups is 1. The molecule has 0 amide bonds. The van der Waals surface area contributed by atoms with Crippen LogP contribution in [0.4, 0.5) is 4.79 Å². The summed E-state index contributed by atoms with van der Waals surface area (Å²) in [4.78, 5) is 14.7. The van der Waals surface area contributed by atoms with Crippen molar-refractivity contribution in [2.45, 2.75) is 32.9 Å². The highest BCUT2D eigenvalue weighted by Gasteiger charge is 2.17. The van der Waals surface area contributed by atoms with E-state index in [0.29, 0.717) is 6.54 Å². The van der Waals surface area contributed by atoms with E-state index in [1.165, 1.54) is 4.57 Å². The summed E-state index contributed by atoms with van der Waals surface area (Å²) < 4.78 is 6.73. The fourth-order valence-electron chi connectivity index (χ4n) is 1.82. The number of nitrogens with zero attached hydrogens (tertiary/aromatic N) is 4. The third-order valence-electron chi connectivity index (χ3n) is 2.63. The van der Waals surface area contributed by atoms with Gasteiger partial charge in [-0.3, -0.25) is 4.57 Å². The number of ether oxygens (including phenoxy) is 1. The Morgan fingerprint density at radius 3 is 2.70 bits per heavy atom. The number of fused-ring (bicyclic) bond motifs is 1. The Morgan fingerprint density at radius 2 is 2.05 bits per heavy atom. The molecule has 2 rings (SSSR count). The van der Waals surface area contributed by atoms with Crippen LogP contribution in [0.3, 0.4) is 0 Å². The van der Waals surface area contributed by atoms with Gasteiger partial charge in [0.25, 0.3) is 0 Å². The average molecular weight is 272 g/mol. The highest BCUT2D eigenvalue weighted by molar-refractivity contribution is 5.87. The Hall–Kier alpha value is -2.46. The fourth-order valence-corrected chi connectivity index (χ4v) is 1.82. The van der Waals surface area contributed by atoms with Gasteiger partial charge in [0.05, 0.1) is 6.54 Å². The molecule has 1 aromatic carbocycles. The Kier molecular flexibility index (Phi) is 3.68. The van der Waals surface area contributed by atoms with Gasteiger partial charge in [0, 0.05) is 22.7 Å². The highest BCUT2D eigenvalue weighted by atomic mass is 16.6. The van der Waals surface area contributed by atoms with E-state index < -0.39 is 11.7 Å². The van der Waals surface area contributed by atoms with Crippen LogP contribution in [0.5, 0.6) is 0 Å². The van der Waals surface area contributed by atoms with Crippen molar-refractivity contribution in [2.75, 3.05) is 0 Å². The molecule has 0 N–H and O–H groups in total. The van der Waals surface area contributed by atoms with E-state index in [1.807, 2.05) is 39.0 Å². The molecule has 0 radical (unpaired) electrons. The van der Waals surface area contributed by atoms with Crippen LogP contribution in [-0.4, -0.2) is 16.3 Å². The molecule has 6 heteroatoms. The van der Waals surface area contributed by atoms with E-state index in [9.17, 15) is 4.79 Å². The topological polar surface area (TPSA) is 80.0 Å². The molecule has 0 aliphatic heterocycles. The van der Waals surface area contributed by atoms with Crippen molar-refractivity contribution in [3.05, 3.63) is 46.6 Å². The SMILES string of the molecule is CC(C)(C)OC(=O)n1cc2ccc(CN=[N+]=[N-])cc2c1. The molecule has 0 saturated heterocycles. The van der Waals surface area contributed by atoms with E-state index in [-0.39, 0.29) is 0 Å². The molecular weight excluding hydrogens is 256 g/mol. The van der Waals surface area contributed by atoms with Crippen molar-refractivity contribution >= 4 is 16.9 Å². The van der Waals surface area contributed by atoms with Gasteiger partial charge in [0.1, 0.15) is 5.60 Å². The summed E-state index contributed by atoms with van der Waals surface area (Å²) in [6.07, 6.45) is 3.02. The van der Waals surface area contributed by atoms with E-state index in [1.54, 1.807) is 12.4 Å². The zero-order chi connectivity index (χ0) is 14.8. The van der Waals surface area contributed by atoms with Gasteiger partial charge in [-0.15, -0.1) is 0 Å². The maximum Gasteiger partial charge on any atom is 0.418 e. The largest absolute Gasteiger partial charge is 0.443 e. The van der Waals surface area contributed by atoms with Gasteiger partial charge in [-0.05, 0) is 43.3 Å². The Bertz CT molecular complexity index is 691. The predicted octanol–water partition coefficient (Wildman–Crippen LogP) is 4.23. The second-order valence-electron chi connectivity index (χ2n) is 5.50. The first kappa shape index (κ1) is 14.0. The minimum atomic E-state index is -0.528. The van der Waals surface area contributed by atoms with Crippen molar-refractivity contribution in [2.24, 2.45) is 5.11 Å². The first-order chi connectivity index (χ1) is 9.39. The minimum absolute atomic E-state index is 0.296. The monoisotopic (exact) mass is 272 g/mol. The van der Waals surface area contributed by atoms with Crippen LogP contribution in [0.15, 0.2) is 35.7 Å². The summed E-state index contributed by atoms with van der Waals surface area (Å²) in [5.41, 5.74) is 8.69. The van der Waals surface area contributed by atoms with Gasteiger partial charge in [-0.2, -0.15) is 0 Å². The molecule has 0 aliphatic carbocycles. The summed E-state index contributed by atoms with van der Waals surface area (Å²) in [5.74, 6) is 0. The normalized spacial score (nSPS) is 11.2. The Balaban J connectivity index is 2.29. The molecule has 0 saturated carbocycles. The molecule has 0 aliphatic rings. The quantitative estimate of drug-likeness (QED) is 0.465. The first-order valence-corrected chi connectivity index (χ1v) is 6.24. The number of carbonyl (C=O) groups excluding carboxylic acids is 1. The van der Waals surface area contributed by atoms with E-state index in [2.05, 4.69) is 10.0 Å². The number of hydrogen-bond acceptors (Lipinski definition) is 3. The van der Waals surface area contributed by atoms with Gasteiger partial charge in [0.2, 0.25) is 0 Å². The molecule has 0 unspecified atom stereocenters. The predicted molar refractivity (Wildman–Crippen MR) is 76.4 cm³/mol. The maximum atomic E-state index is 12.0. The second kappa shape index (κ2) is 5.27. The average Bonchev–Trinajstić information content (AvgIpc) is 2.77. The van der Waals surface area contributed by atoms with E-state index in [0.717, 1.165) is 16.3 Å². The zero-order valence-corrected chi connectivity index (χ0v) is 11.7. The van der Waals surface area contributed by atoms with Crippen LogP contribution >= 0.6 is 0 Å². The Labute approximate surface area is 116 Å². The van der Waals surface area contributed by atoms with Gasteiger partial charge >= 0.3 is 6.09 Å². The van der Waals surface area contributed by atoms with Crippen molar-refractivity contribution in [3.8, 4) is 0 Å². The van der Waals surface area contributed by atoms with Crippen LogP contribution in [0.25, 0.3) is 21.2 Å². The van der Waals surface area contributed by atoms with Crippen LogP contribution in [0, 0.1) is 0 Å². The Morgan fingerprint density at radius 1 is 1.35 bits per heavy atom. The molecule has 1 aromatic heterocycles. The lowest BCUT2D eigenvalue weighted by atomic mass is 10.1. The fraction of sp³-hybridized carbons (Fsp3) is 0.357. The van der Waals surface area contributed by atoms with Gasteiger partial charge < -0.3 is 4.74 Å². The minimum Gasteiger partial charge on any atom is -0.443 e. The number of rotatable bonds is 2. The van der Waals surface area contributed by atoms with Crippen LogP contribution in [0.1, 0.15) is 26.3 Å². The second-order valence-corrected chi connectivity index (χ2v) is 5.50. The summed E-state index contributed by atoms with van der Waals surface area (Å²) in [5, 5.41) is 5.36. The lowest BCUT2D eigenvalue weighted by Gasteiger charge is -2.19. The zero-order valence-electron chi connectivity index (χ0n) is 11.7. The summed E-state index contributed by atoms with van der Waals surface area (Å²) >= 11 is 0. The third kappa shape index (κ3) is 3.30. The number of hydrogen-bond donors (Lipinski definition) is 0. The van der Waals surface area contributed by atoms with Crippen LogP contribution in [-0.2, 0) is 11.3 Å². The molecule has 0 atom stereocenters. The van der Waals surface area contributed by atoms with Gasteiger partial charge in [-0.25, -0.2) is 4.79 Å². The molecule has 1 heterocycles. The molecule has 0 bridgehead atoms. The summed E-state index contributed by atoms with van der Waals surface area (Å²) in [7, 11) is 0. The molecule has 104 valence electrons. The molecule has 6 nitrogen and oxygen atoms in total. The van der Waals surface area contributed by atoms with Gasteiger partial charge in [0.15, 0.2) is 0 Å². The number of aromatic nitrogens is 1. The smallest absolute Gasteiger partial charge is 0.418 e. The molecule has 0 spiro atoms. The first-order valence-electron chi connectivity index (χ1n) is 6.24. The highest BCUT2D eigenvalue weighted by Crippen LogP contribution is 2.19. The standard InChI is InChI=1S/C14H16N4O2/c1-14(2,3)20-13(19)18-8-11-5-4-10(7-16-17-15)6-12(11)9-18/h4-6,8-9H,7H2,1-3H3. The maximum absolute atomic E-state index is 12.0. The lowest BCUT2D eigenvalue weighted by molar-refractivity contribution is 0.0538.